The number of rotatable bonds is 5. The van der Waals surface area contributed by atoms with Crippen molar-refractivity contribution in [2.24, 2.45) is 0 Å². The number of aromatic nitrogens is 2. The van der Waals surface area contributed by atoms with Gasteiger partial charge in [0.1, 0.15) is 5.52 Å². The highest BCUT2D eigenvalue weighted by molar-refractivity contribution is 6.11. The lowest BCUT2D eigenvalue weighted by Gasteiger charge is -2.21. The summed E-state index contributed by atoms with van der Waals surface area (Å²) < 4.78 is 0. The van der Waals surface area contributed by atoms with Gasteiger partial charge in [-0.05, 0) is 50.2 Å². The van der Waals surface area contributed by atoms with Crippen LogP contribution in [-0.4, -0.2) is 29.0 Å². The van der Waals surface area contributed by atoms with E-state index in [2.05, 4.69) is 34.0 Å². The molecule has 1 amide bonds. The fraction of sp³-hybridized carbons (Fsp3) is 0.222. The van der Waals surface area contributed by atoms with Crippen LogP contribution < -0.4 is 10.2 Å². The molecular formula is C18H20N4O. The van der Waals surface area contributed by atoms with Gasteiger partial charge in [-0.25, -0.2) is 4.98 Å². The number of para-hydroxylation sites is 1. The van der Waals surface area contributed by atoms with Crippen LogP contribution in [-0.2, 0) is 0 Å². The van der Waals surface area contributed by atoms with Crippen molar-refractivity contribution in [3.63, 3.8) is 0 Å². The summed E-state index contributed by atoms with van der Waals surface area (Å²) in [5.74, 6) is -0.154. The van der Waals surface area contributed by atoms with Crippen molar-refractivity contribution in [3.05, 3.63) is 54.4 Å². The van der Waals surface area contributed by atoms with Gasteiger partial charge in [0.25, 0.3) is 5.91 Å². The Hall–Kier alpha value is -2.82. The molecule has 0 radical (unpaired) electrons. The number of hydrogen-bond donors (Lipinski definition) is 2. The number of aromatic amines is 1. The topological polar surface area (TPSA) is 61.0 Å². The van der Waals surface area contributed by atoms with Crippen molar-refractivity contribution < 1.29 is 4.79 Å². The molecule has 0 saturated carbocycles. The predicted octanol–water partition coefficient (Wildman–Crippen LogP) is 3.66. The zero-order valence-corrected chi connectivity index (χ0v) is 13.3. The molecule has 0 unspecified atom stereocenters. The first kappa shape index (κ1) is 15.1. The summed E-state index contributed by atoms with van der Waals surface area (Å²) >= 11 is 0. The van der Waals surface area contributed by atoms with E-state index in [4.69, 9.17) is 0 Å². The van der Waals surface area contributed by atoms with Crippen molar-refractivity contribution in [1.29, 1.82) is 0 Å². The third-order valence-corrected chi connectivity index (χ3v) is 3.95. The van der Waals surface area contributed by atoms with Gasteiger partial charge in [0.2, 0.25) is 0 Å². The number of amides is 1. The number of carbonyl (C=O) groups is 1. The summed E-state index contributed by atoms with van der Waals surface area (Å²) in [6, 6.07) is 13.4. The van der Waals surface area contributed by atoms with E-state index in [0.717, 1.165) is 30.0 Å². The Morgan fingerprint density at radius 1 is 1.13 bits per heavy atom. The minimum absolute atomic E-state index is 0.154. The molecule has 0 bridgehead atoms. The molecule has 1 heterocycles. The average molecular weight is 308 g/mol. The van der Waals surface area contributed by atoms with Crippen LogP contribution in [0.2, 0.25) is 0 Å². The van der Waals surface area contributed by atoms with Gasteiger partial charge in [-0.1, -0.05) is 6.07 Å². The van der Waals surface area contributed by atoms with Crippen molar-refractivity contribution in [2.75, 3.05) is 23.3 Å². The van der Waals surface area contributed by atoms with Gasteiger partial charge in [-0.2, -0.15) is 0 Å². The Labute approximate surface area is 135 Å². The minimum Gasteiger partial charge on any atom is -0.372 e. The van der Waals surface area contributed by atoms with E-state index in [-0.39, 0.29) is 5.91 Å². The predicted molar refractivity (Wildman–Crippen MR) is 94.0 cm³/mol. The molecule has 5 nitrogen and oxygen atoms in total. The van der Waals surface area contributed by atoms with Crippen LogP contribution in [0.1, 0.15) is 24.2 Å². The number of hydrogen-bond acceptors (Lipinski definition) is 3. The molecule has 0 aliphatic heterocycles. The third-order valence-electron chi connectivity index (χ3n) is 3.95. The van der Waals surface area contributed by atoms with Gasteiger partial charge in [0.15, 0.2) is 0 Å². The van der Waals surface area contributed by atoms with Gasteiger partial charge in [-0.3, -0.25) is 4.79 Å². The largest absolute Gasteiger partial charge is 0.372 e. The van der Waals surface area contributed by atoms with E-state index in [9.17, 15) is 4.79 Å². The van der Waals surface area contributed by atoms with E-state index in [1.54, 1.807) is 12.4 Å². The maximum Gasteiger partial charge on any atom is 0.257 e. The molecular weight excluding hydrogens is 288 g/mol. The lowest BCUT2D eigenvalue weighted by molar-refractivity contribution is 0.102. The lowest BCUT2D eigenvalue weighted by atomic mass is 10.1. The zero-order valence-electron chi connectivity index (χ0n) is 13.3. The first-order valence-corrected chi connectivity index (χ1v) is 7.81. The molecule has 0 saturated heterocycles. The van der Waals surface area contributed by atoms with Crippen LogP contribution >= 0.6 is 0 Å². The number of nitrogens with zero attached hydrogens (tertiary/aromatic N) is 2. The molecule has 3 rings (SSSR count). The van der Waals surface area contributed by atoms with Gasteiger partial charge in [-0.15, -0.1) is 0 Å². The van der Waals surface area contributed by atoms with Gasteiger partial charge < -0.3 is 15.2 Å². The number of benzene rings is 2. The van der Waals surface area contributed by atoms with Crippen LogP contribution in [0, 0.1) is 0 Å². The van der Waals surface area contributed by atoms with Gasteiger partial charge in [0.05, 0.1) is 17.4 Å². The van der Waals surface area contributed by atoms with Crippen LogP contribution in [0.25, 0.3) is 11.0 Å². The second-order valence-corrected chi connectivity index (χ2v) is 5.28. The van der Waals surface area contributed by atoms with Crippen LogP contribution in [0.15, 0.2) is 48.8 Å². The van der Waals surface area contributed by atoms with Crippen molar-refractivity contribution in [2.45, 2.75) is 13.8 Å². The van der Waals surface area contributed by atoms with E-state index in [1.807, 2.05) is 36.4 Å². The highest BCUT2D eigenvalue weighted by atomic mass is 16.1. The molecule has 0 aliphatic rings. The Morgan fingerprint density at radius 3 is 2.57 bits per heavy atom. The van der Waals surface area contributed by atoms with Crippen LogP contribution in [0.4, 0.5) is 11.4 Å². The number of nitrogens with one attached hydrogen (secondary N) is 2. The highest BCUT2D eigenvalue weighted by Crippen LogP contribution is 2.20. The first-order valence-electron chi connectivity index (χ1n) is 7.81. The standard InChI is InChI=1S/C18H20N4O/c1-3-22(4-2)14-10-8-13(9-11-14)21-18(23)15-6-5-7-16-17(15)20-12-19-16/h5-12H,3-4H2,1-2H3,(H,19,20)(H,21,23). The molecule has 118 valence electrons. The number of H-pyrrole nitrogens is 1. The van der Waals surface area contributed by atoms with Crippen molar-refractivity contribution in [3.8, 4) is 0 Å². The summed E-state index contributed by atoms with van der Waals surface area (Å²) in [4.78, 5) is 22.0. The molecule has 5 heteroatoms. The highest BCUT2D eigenvalue weighted by Gasteiger charge is 2.12. The van der Waals surface area contributed by atoms with Crippen molar-refractivity contribution >= 4 is 28.3 Å². The summed E-state index contributed by atoms with van der Waals surface area (Å²) in [5.41, 5.74) is 4.04. The van der Waals surface area contributed by atoms with Crippen LogP contribution in [0.5, 0.6) is 0 Å². The summed E-state index contributed by atoms with van der Waals surface area (Å²) in [5, 5.41) is 2.93. The van der Waals surface area contributed by atoms with Crippen LogP contribution in [0.3, 0.4) is 0 Å². The first-order chi connectivity index (χ1) is 11.2. The maximum absolute atomic E-state index is 12.5. The molecule has 0 fully saturated rings. The Kier molecular flexibility index (Phi) is 4.28. The van der Waals surface area contributed by atoms with E-state index >= 15 is 0 Å². The monoisotopic (exact) mass is 308 g/mol. The molecule has 0 aliphatic carbocycles. The molecule has 2 N–H and O–H groups in total. The fourth-order valence-electron chi connectivity index (χ4n) is 2.69. The maximum atomic E-state index is 12.5. The molecule has 2 aromatic carbocycles. The quantitative estimate of drug-likeness (QED) is 0.756. The molecule has 1 aromatic heterocycles. The Balaban J connectivity index is 1.79. The second-order valence-electron chi connectivity index (χ2n) is 5.28. The molecule has 0 atom stereocenters. The Morgan fingerprint density at radius 2 is 1.87 bits per heavy atom. The van der Waals surface area contributed by atoms with E-state index in [0.29, 0.717) is 11.1 Å². The normalized spacial score (nSPS) is 10.7. The number of fused-ring (bicyclic) bond motifs is 1. The minimum atomic E-state index is -0.154. The lowest BCUT2D eigenvalue weighted by Crippen LogP contribution is -2.21. The smallest absolute Gasteiger partial charge is 0.257 e. The SMILES string of the molecule is CCN(CC)c1ccc(NC(=O)c2cccc3[nH]cnc23)cc1. The second kappa shape index (κ2) is 6.52. The van der Waals surface area contributed by atoms with E-state index < -0.39 is 0 Å². The number of imidazole rings is 1. The van der Waals surface area contributed by atoms with Gasteiger partial charge in [0, 0.05) is 24.5 Å². The summed E-state index contributed by atoms with van der Waals surface area (Å²) in [7, 11) is 0. The van der Waals surface area contributed by atoms with E-state index in [1.165, 1.54) is 0 Å². The molecule has 23 heavy (non-hydrogen) atoms. The number of anilines is 2. The van der Waals surface area contributed by atoms with Gasteiger partial charge >= 0.3 is 0 Å². The molecule has 0 spiro atoms. The summed E-state index contributed by atoms with van der Waals surface area (Å²) in [6.45, 7) is 6.18. The van der Waals surface area contributed by atoms with Crippen molar-refractivity contribution in [1.82, 2.24) is 9.97 Å². The fourth-order valence-corrected chi connectivity index (χ4v) is 2.69. The average Bonchev–Trinajstić information content (AvgIpc) is 3.06. The third kappa shape index (κ3) is 3.04. The zero-order chi connectivity index (χ0) is 16.2. The Bertz CT molecular complexity index is 803. The summed E-state index contributed by atoms with van der Waals surface area (Å²) in [6.07, 6.45) is 1.60. The number of carbonyl (C=O) groups excluding carboxylic acids is 1. The molecule has 3 aromatic rings.